The average Bonchev–Trinajstić information content (AvgIpc) is 2.84. The van der Waals surface area contributed by atoms with E-state index in [0.717, 1.165) is 28.7 Å². The van der Waals surface area contributed by atoms with Gasteiger partial charge in [-0.25, -0.2) is 0 Å². The lowest BCUT2D eigenvalue weighted by molar-refractivity contribution is -0.132. The number of hydrogen-bond donors (Lipinski definition) is 1. The van der Waals surface area contributed by atoms with Crippen molar-refractivity contribution in [1.29, 1.82) is 0 Å². The first-order valence-corrected chi connectivity index (χ1v) is 7.07. The largest absolute Gasteiger partial charge is 0.461 e. The second-order valence-corrected chi connectivity index (χ2v) is 5.11. The number of nitrogens with two attached hydrogens (primary N) is 1. The number of carbonyl (C=O) groups is 1. The van der Waals surface area contributed by atoms with Crippen LogP contribution in [0, 0.1) is 0 Å². The minimum Gasteiger partial charge on any atom is -0.461 e. The second kappa shape index (κ2) is 8.17. The summed E-state index contributed by atoms with van der Waals surface area (Å²) in [6.07, 6.45) is 0.788. The molecule has 22 heavy (non-hydrogen) atoms. The summed E-state index contributed by atoms with van der Waals surface area (Å²) >= 11 is 0. The van der Waals surface area contributed by atoms with Gasteiger partial charge in [0.15, 0.2) is 0 Å². The van der Waals surface area contributed by atoms with E-state index < -0.39 is 6.04 Å². The second-order valence-electron chi connectivity index (χ2n) is 5.11. The number of fused-ring (bicyclic) bond motifs is 1. The van der Waals surface area contributed by atoms with Gasteiger partial charge < -0.3 is 19.8 Å². The van der Waals surface area contributed by atoms with Crippen molar-refractivity contribution in [2.24, 2.45) is 5.73 Å². The minimum atomic E-state index is -0.636. The lowest BCUT2D eigenvalue weighted by Crippen LogP contribution is -2.44. The summed E-state index contributed by atoms with van der Waals surface area (Å²) < 4.78 is 10.8. The molecule has 2 aromatic rings. The van der Waals surface area contributed by atoms with Crippen molar-refractivity contribution in [2.75, 3.05) is 20.8 Å². The molecule has 2 N–H and O–H groups in total. The molecule has 0 saturated heterocycles. The molecule has 2 rings (SSSR count). The number of halogens is 1. The Kier molecular flexibility index (Phi) is 6.87. The number of carbonyl (C=O) groups excluding carboxylic acids is 1. The average molecular weight is 327 g/mol. The third-order valence-corrected chi connectivity index (χ3v) is 3.54. The van der Waals surface area contributed by atoms with Crippen LogP contribution in [0.1, 0.15) is 18.2 Å². The molecule has 5 nitrogen and oxygen atoms in total. The number of benzene rings is 1. The first-order valence-electron chi connectivity index (χ1n) is 7.07. The number of para-hydroxylation sites is 1. The first-order chi connectivity index (χ1) is 10.1. The molecular formula is C16H23ClN2O3. The molecule has 0 aliphatic rings. The van der Waals surface area contributed by atoms with E-state index in [-0.39, 0.29) is 24.9 Å². The van der Waals surface area contributed by atoms with Gasteiger partial charge in [-0.3, -0.25) is 4.79 Å². The zero-order chi connectivity index (χ0) is 15.4. The van der Waals surface area contributed by atoms with E-state index in [9.17, 15) is 4.79 Å². The van der Waals surface area contributed by atoms with E-state index in [1.165, 1.54) is 7.11 Å². The molecule has 0 bridgehead atoms. The molecule has 1 amide bonds. The maximum atomic E-state index is 12.2. The predicted molar refractivity (Wildman–Crippen MR) is 89.2 cm³/mol. The molecule has 0 aliphatic heterocycles. The van der Waals surface area contributed by atoms with Gasteiger partial charge in [0, 0.05) is 38.1 Å². The van der Waals surface area contributed by atoms with Gasteiger partial charge in [-0.05, 0) is 6.07 Å². The quantitative estimate of drug-likeness (QED) is 0.884. The van der Waals surface area contributed by atoms with Gasteiger partial charge in [0.1, 0.15) is 17.4 Å². The van der Waals surface area contributed by atoms with Crippen molar-refractivity contribution in [3.05, 3.63) is 35.6 Å². The van der Waals surface area contributed by atoms with Crippen molar-refractivity contribution in [3.63, 3.8) is 0 Å². The Morgan fingerprint density at radius 3 is 2.73 bits per heavy atom. The Bertz CT molecular complexity index is 627. The van der Waals surface area contributed by atoms with Crippen LogP contribution in [0.2, 0.25) is 0 Å². The van der Waals surface area contributed by atoms with Crippen LogP contribution in [-0.2, 0) is 22.5 Å². The molecule has 1 aromatic carbocycles. The highest BCUT2D eigenvalue weighted by Gasteiger charge is 2.21. The van der Waals surface area contributed by atoms with Gasteiger partial charge in [-0.15, -0.1) is 12.4 Å². The van der Waals surface area contributed by atoms with Gasteiger partial charge in [0.05, 0.1) is 6.61 Å². The molecule has 0 fully saturated rings. The number of likely N-dealkylation sites (N-methyl/N-ethyl adjacent to an activating group) is 1. The molecule has 0 aliphatic carbocycles. The molecule has 0 saturated carbocycles. The van der Waals surface area contributed by atoms with Crippen molar-refractivity contribution < 1.29 is 13.9 Å². The van der Waals surface area contributed by atoms with E-state index in [1.807, 2.05) is 31.2 Å². The van der Waals surface area contributed by atoms with Crippen LogP contribution >= 0.6 is 12.4 Å². The van der Waals surface area contributed by atoms with Crippen LogP contribution < -0.4 is 5.73 Å². The van der Waals surface area contributed by atoms with E-state index in [0.29, 0.717) is 6.54 Å². The van der Waals surface area contributed by atoms with E-state index in [4.69, 9.17) is 14.9 Å². The van der Waals surface area contributed by atoms with Crippen LogP contribution in [-0.4, -0.2) is 37.6 Å². The Balaban J connectivity index is 0.00000242. The van der Waals surface area contributed by atoms with Gasteiger partial charge >= 0.3 is 0 Å². The number of hydrogen-bond acceptors (Lipinski definition) is 4. The van der Waals surface area contributed by atoms with Crippen LogP contribution in [0.25, 0.3) is 11.0 Å². The fourth-order valence-electron chi connectivity index (χ4n) is 2.46. The molecule has 1 atom stereocenters. The third-order valence-electron chi connectivity index (χ3n) is 3.54. The molecule has 122 valence electrons. The number of aryl methyl sites for hydroxylation is 1. The molecule has 1 unspecified atom stereocenters. The summed E-state index contributed by atoms with van der Waals surface area (Å²) in [5, 5.41) is 1.05. The monoisotopic (exact) mass is 326 g/mol. The van der Waals surface area contributed by atoms with E-state index in [1.54, 1.807) is 11.9 Å². The van der Waals surface area contributed by atoms with Crippen molar-refractivity contribution in [1.82, 2.24) is 4.90 Å². The number of amides is 1. The van der Waals surface area contributed by atoms with Gasteiger partial charge in [0.2, 0.25) is 5.91 Å². The summed E-state index contributed by atoms with van der Waals surface area (Å²) in [5.41, 5.74) is 7.70. The summed E-state index contributed by atoms with van der Waals surface area (Å²) in [6, 6.07) is 7.23. The van der Waals surface area contributed by atoms with Crippen LogP contribution in [0.15, 0.2) is 28.7 Å². The molecule has 1 heterocycles. The number of methoxy groups -OCH3 is 1. The zero-order valence-electron chi connectivity index (χ0n) is 13.2. The van der Waals surface area contributed by atoms with Crippen molar-refractivity contribution in [2.45, 2.75) is 25.9 Å². The molecular weight excluding hydrogens is 304 g/mol. The van der Waals surface area contributed by atoms with Crippen molar-refractivity contribution in [3.8, 4) is 0 Å². The lowest BCUT2D eigenvalue weighted by Gasteiger charge is -2.21. The minimum absolute atomic E-state index is 0. The Labute approximate surface area is 136 Å². The highest BCUT2D eigenvalue weighted by atomic mass is 35.5. The number of ether oxygens (including phenoxy) is 1. The summed E-state index contributed by atoms with van der Waals surface area (Å²) in [6.45, 7) is 2.74. The summed E-state index contributed by atoms with van der Waals surface area (Å²) in [7, 11) is 3.28. The maximum absolute atomic E-state index is 12.2. The van der Waals surface area contributed by atoms with Gasteiger partial charge in [-0.1, -0.05) is 25.1 Å². The standard InChI is InChI=1S/C16H22N2O3.ClH/c1-4-14-12(11-7-5-6-8-15(11)21-14)9-18(2)16(19)13(17)10-20-3;/h5-8,13H,4,9-10,17H2,1-3H3;1H. The Hall–Kier alpha value is -1.56. The van der Waals surface area contributed by atoms with Gasteiger partial charge in [0.25, 0.3) is 0 Å². The predicted octanol–water partition coefficient (Wildman–Crippen LogP) is 2.35. The normalized spacial score (nSPS) is 12.0. The zero-order valence-corrected chi connectivity index (χ0v) is 14.0. The lowest BCUT2D eigenvalue weighted by atomic mass is 10.1. The van der Waals surface area contributed by atoms with Crippen LogP contribution in [0.4, 0.5) is 0 Å². The highest BCUT2D eigenvalue weighted by molar-refractivity contribution is 5.85. The number of furan rings is 1. The topological polar surface area (TPSA) is 68.7 Å². The SMILES string of the molecule is CCc1oc2ccccc2c1CN(C)C(=O)C(N)COC.Cl. The van der Waals surface area contributed by atoms with Crippen molar-refractivity contribution >= 4 is 29.3 Å². The molecule has 6 heteroatoms. The Morgan fingerprint density at radius 2 is 2.09 bits per heavy atom. The van der Waals surface area contributed by atoms with Crippen LogP contribution in [0.3, 0.4) is 0 Å². The molecule has 0 radical (unpaired) electrons. The van der Waals surface area contributed by atoms with E-state index >= 15 is 0 Å². The molecule has 1 aromatic heterocycles. The van der Waals surface area contributed by atoms with Gasteiger partial charge in [-0.2, -0.15) is 0 Å². The first kappa shape index (κ1) is 18.5. The molecule has 0 spiro atoms. The number of rotatable bonds is 6. The fourth-order valence-corrected chi connectivity index (χ4v) is 2.46. The van der Waals surface area contributed by atoms with Crippen LogP contribution in [0.5, 0.6) is 0 Å². The third kappa shape index (κ3) is 3.80. The Morgan fingerprint density at radius 1 is 1.41 bits per heavy atom. The number of nitrogens with zero attached hydrogens (tertiary/aromatic N) is 1. The highest BCUT2D eigenvalue weighted by Crippen LogP contribution is 2.27. The summed E-state index contributed by atoms with van der Waals surface area (Å²) in [5.74, 6) is 0.778. The smallest absolute Gasteiger partial charge is 0.241 e. The maximum Gasteiger partial charge on any atom is 0.241 e. The summed E-state index contributed by atoms with van der Waals surface area (Å²) in [4.78, 5) is 13.8. The van der Waals surface area contributed by atoms with E-state index in [2.05, 4.69) is 0 Å². The fraction of sp³-hybridized carbons (Fsp3) is 0.438.